The highest BCUT2D eigenvalue weighted by Crippen LogP contribution is 2.40. The molecule has 1 saturated carbocycles. The molecular formula is C12H24N2O2. The molecule has 94 valence electrons. The fourth-order valence-electron chi connectivity index (χ4n) is 1.93. The van der Waals surface area contributed by atoms with E-state index < -0.39 is 0 Å². The lowest BCUT2D eigenvalue weighted by atomic mass is 9.64. The minimum absolute atomic E-state index is 0.00434. The van der Waals surface area contributed by atoms with Gasteiger partial charge in [0.15, 0.2) is 0 Å². The highest BCUT2D eigenvalue weighted by Gasteiger charge is 2.46. The van der Waals surface area contributed by atoms with Gasteiger partial charge in [-0.25, -0.2) is 0 Å². The number of amides is 1. The van der Waals surface area contributed by atoms with Crippen LogP contribution in [0.1, 0.15) is 41.0 Å². The molecule has 2 unspecified atom stereocenters. The Bertz CT molecular complexity index is 269. The number of nitrogens with one attached hydrogen (secondary N) is 2. The van der Waals surface area contributed by atoms with Gasteiger partial charge in [0.25, 0.3) is 0 Å². The van der Waals surface area contributed by atoms with Crippen molar-refractivity contribution in [3.8, 4) is 0 Å². The summed E-state index contributed by atoms with van der Waals surface area (Å²) in [5.74, 6) is 0.00434. The fourth-order valence-corrected chi connectivity index (χ4v) is 1.93. The van der Waals surface area contributed by atoms with Gasteiger partial charge >= 0.3 is 0 Å². The molecule has 0 bridgehead atoms. The summed E-state index contributed by atoms with van der Waals surface area (Å²) in [6.07, 6.45) is 0.478. The van der Waals surface area contributed by atoms with E-state index in [1.807, 2.05) is 34.6 Å². The first-order valence-corrected chi connectivity index (χ1v) is 5.85. The summed E-state index contributed by atoms with van der Waals surface area (Å²) in [7, 11) is 0. The third kappa shape index (κ3) is 3.19. The first kappa shape index (κ1) is 13.5. The van der Waals surface area contributed by atoms with Crippen molar-refractivity contribution >= 4 is 5.91 Å². The van der Waals surface area contributed by atoms with E-state index in [0.717, 1.165) is 6.42 Å². The smallest absolute Gasteiger partial charge is 0.234 e. The summed E-state index contributed by atoms with van der Waals surface area (Å²) in [6, 6.07) is 0.230. The number of hydrogen-bond acceptors (Lipinski definition) is 3. The minimum atomic E-state index is -0.254. The van der Waals surface area contributed by atoms with Crippen LogP contribution in [0.3, 0.4) is 0 Å². The molecule has 3 N–H and O–H groups in total. The molecule has 4 heteroatoms. The van der Waals surface area contributed by atoms with Gasteiger partial charge < -0.3 is 15.7 Å². The van der Waals surface area contributed by atoms with Gasteiger partial charge in [0.1, 0.15) is 0 Å². The van der Waals surface area contributed by atoms with Gasteiger partial charge in [0, 0.05) is 17.0 Å². The van der Waals surface area contributed by atoms with Crippen LogP contribution in [-0.2, 0) is 4.79 Å². The molecule has 0 aliphatic heterocycles. The zero-order valence-corrected chi connectivity index (χ0v) is 10.9. The second-order valence-electron chi connectivity index (χ2n) is 6.30. The minimum Gasteiger partial charge on any atom is -0.392 e. The van der Waals surface area contributed by atoms with Gasteiger partial charge in [0.05, 0.1) is 12.6 Å². The van der Waals surface area contributed by atoms with Crippen LogP contribution in [-0.4, -0.2) is 35.2 Å². The SMILES string of the molecule is CC(C)(C)NC(=O)CNC1CC(O)C1(C)C. The van der Waals surface area contributed by atoms with Crippen molar-refractivity contribution in [3.05, 3.63) is 0 Å². The lowest BCUT2D eigenvalue weighted by Crippen LogP contribution is -2.61. The van der Waals surface area contributed by atoms with E-state index in [9.17, 15) is 9.90 Å². The van der Waals surface area contributed by atoms with Crippen LogP contribution in [0.4, 0.5) is 0 Å². The van der Waals surface area contributed by atoms with E-state index in [0.29, 0.717) is 6.54 Å². The van der Waals surface area contributed by atoms with Crippen LogP contribution < -0.4 is 10.6 Å². The number of aliphatic hydroxyl groups excluding tert-OH is 1. The monoisotopic (exact) mass is 228 g/mol. The van der Waals surface area contributed by atoms with Crippen LogP contribution in [0.15, 0.2) is 0 Å². The summed E-state index contributed by atoms with van der Waals surface area (Å²) >= 11 is 0. The Labute approximate surface area is 97.8 Å². The highest BCUT2D eigenvalue weighted by molar-refractivity contribution is 5.78. The largest absolute Gasteiger partial charge is 0.392 e. The zero-order chi connectivity index (χ0) is 12.6. The van der Waals surface area contributed by atoms with Crippen molar-refractivity contribution in [2.24, 2.45) is 5.41 Å². The molecule has 0 aromatic carbocycles. The van der Waals surface area contributed by atoms with Crippen molar-refractivity contribution in [1.82, 2.24) is 10.6 Å². The fraction of sp³-hybridized carbons (Fsp3) is 0.917. The molecule has 0 saturated heterocycles. The molecule has 0 spiro atoms. The molecule has 16 heavy (non-hydrogen) atoms. The van der Waals surface area contributed by atoms with Crippen molar-refractivity contribution in [2.75, 3.05) is 6.54 Å². The average molecular weight is 228 g/mol. The van der Waals surface area contributed by atoms with Crippen molar-refractivity contribution < 1.29 is 9.90 Å². The second kappa shape index (κ2) is 4.34. The number of carbonyl (C=O) groups is 1. The second-order valence-corrected chi connectivity index (χ2v) is 6.30. The first-order chi connectivity index (χ1) is 7.13. The topological polar surface area (TPSA) is 61.4 Å². The summed E-state index contributed by atoms with van der Waals surface area (Å²) in [6.45, 7) is 10.2. The summed E-state index contributed by atoms with van der Waals surface area (Å²) in [5.41, 5.74) is -0.310. The molecular weight excluding hydrogens is 204 g/mol. The van der Waals surface area contributed by atoms with Crippen LogP contribution in [0, 0.1) is 5.41 Å². The van der Waals surface area contributed by atoms with Crippen LogP contribution in [0.2, 0.25) is 0 Å². The Morgan fingerprint density at radius 2 is 2.00 bits per heavy atom. The maximum Gasteiger partial charge on any atom is 0.234 e. The number of carbonyl (C=O) groups excluding carboxylic acids is 1. The molecule has 0 aromatic heterocycles. The van der Waals surface area contributed by atoms with E-state index in [1.165, 1.54) is 0 Å². The van der Waals surface area contributed by atoms with Crippen molar-refractivity contribution in [1.29, 1.82) is 0 Å². The molecule has 1 rings (SSSR count). The van der Waals surface area contributed by atoms with E-state index >= 15 is 0 Å². The normalized spacial score (nSPS) is 28.4. The summed E-state index contributed by atoms with van der Waals surface area (Å²) in [5, 5.41) is 15.6. The summed E-state index contributed by atoms with van der Waals surface area (Å²) < 4.78 is 0. The third-order valence-corrected chi connectivity index (χ3v) is 3.24. The lowest BCUT2D eigenvalue weighted by Gasteiger charge is -2.49. The number of hydrogen-bond donors (Lipinski definition) is 3. The maximum atomic E-state index is 11.6. The van der Waals surface area contributed by atoms with Crippen molar-refractivity contribution in [3.63, 3.8) is 0 Å². The van der Waals surface area contributed by atoms with E-state index in [2.05, 4.69) is 10.6 Å². The molecule has 0 aromatic rings. The molecule has 1 amide bonds. The molecule has 1 fully saturated rings. The predicted molar refractivity (Wildman–Crippen MR) is 64.1 cm³/mol. The average Bonchev–Trinajstić information content (AvgIpc) is 2.09. The van der Waals surface area contributed by atoms with Gasteiger partial charge in [0.2, 0.25) is 5.91 Å². The first-order valence-electron chi connectivity index (χ1n) is 5.85. The predicted octanol–water partition coefficient (Wildman–Crippen LogP) is 0.650. The van der Waals surface area contributed by atoms with Crippen LogP contribution >= 0.6 is 0 Å². The van der Waals surface area contributed by atoms with Gasteiger partial charge in [-0.15, -0.1) is 0 Å². The van der Waals surface area contributed by atoms with E-state index in [-0.39, 0.29) is 29.0 Å². The van der Waals surface area contributed by atoms with E-state index in [1.54, 1.807) is 0 Å². The zero-order valence-electron chi connectivity index (χ0n) is 10.9. The lowest BCUT2D eigenvalue weighted by molar-refractivity contribution is -0.123. The Balaban J connectivity index is 2.29. The molecule has 4 nitrogen and oxygen atoms in total. The Hall–Kier alpha value is -0.610. The molecule has 1 aliphatic carbocycles. The molecule has 0 radical (unpaired) electrons. The Morgan fingerprint density at radius 3 is 2.38 bits per heavy atom. The number of aliphatic hydroxyl groups is 1. The highest BCUT2D eigenvalue weighted by atomic mass is 16.3. The van der Waals surface area contributed by atoms with Gasteiger partial charge in [-0.3, -0.25) is 4.79 Å². The molecule has 0 heterocycles. The Morgan fingerprint density at radius 1 is 1.44 bits per heavy atom. The Kier molecular flexibility index (Phi) is 3.65. The molecule has 1 aliphatic rings. The summed E-state index contributed by atoms with van der Waals surface area (Å²) in [4.78, 5) is 11.6. The molecule has 2 atom stereocenters. The van der Waals surface area contributed by atoms with Gasteiger partial charge in [-0.2, -0.15) is 0 Å². The quantitative estimate of drug-likeness (QED) is 0.664. The third-order valence-electron chi connectivity index (χ3n) is 3.24. The van der Waals surface area contributed by atoms with Crippen molar-refractivity contribution in [2.45, 2.75) is 58.7 Å². The van der Waals surface area contributed by atoms with Crippen LogP contribution in [0.5, 0.6) is 0 Å². The van der Waals surface area contributed by atoms with E-state index in [4.69, 9.17) is 0 Å². The number of rotatable bonds is 3. The van der Waals surface area contributed by atoms with Gasteiger partial charge in [-0.1, -0.05) is 13.8 Å². The maximum absolute atomic E-state index is 11.6. The van der Waals surface area contributed by atoms with Crippen LogP contribution in [0.25, 0.3) is 0 Å². The van der Waals surface area contributed by atoms with Gasteiger partial charge in [-0.05, 0) is 27.2 Å². The standard InChI is InChI=1S/C12H24N2O2/c1-11(2,3)14-10(16)7-13-8-6-9(15)12(8,4)5/h8-9,13,15H,6-7H2,1-5H3,(H,14,16).